The molecule has 0 atom stereocenters. The quantitative estimate of drug-likeness (QED) is 0.554. The fourth-order valence-corrected chi connectivity index (χ4v) is 2.81. The molecule has 0 aromatic heterocycles. The molecule has 0 fully saturated rings. The number of nitrogens with one attached hydrogen (secondary N) is 1. The number of anilines is 1. The first-order valence-corrected chi connectivity index (χ1v) is 9.21. The molecule has 0 bridgehead atoms. The van der Waals surface area contributed by atoms with Crippen LogP contribution >= 0.6 is 27.7 Å². The Kier molecular flexibility index (Phi) is 6.87. The summed E-state index contributed by atoms with van der Waals surface area (Å²) in [4.78, 5) is 24.8. The number of thioether (sulfide) groups is 1. The number of benzene rings is 2. The van der Waals surface area contributed by atoms with Crippen molar-refractivity contribution >= 4 is 45.3 Å². The first-order valence-electron chi connectivity index (χ1n) is 7.43. The number of ether oxygens (including phenoxy) is 1. The van der Waals surface area contributed by atoms with Gasteiger partial charge in [0, 0.05) is 15.1 Å². The van der Waals surface area contributed by atoms with Gasteiger partial charge in [-0.25, -0.2) is 4.79 Å². The van der Waals surface area contributed by atoms with Gasteiger partial charge in [-0.05, 0) is 62.4 Å². The predicted molar refractivity (Wildman–Crippen MR) is 100 cm³/mol. The molecule has 0 aliphatic carbocycles. The maximum Gasteiger partial charge on any atom is 0.338 e. The van der Waals surface area contributed by atoms with Gasteiger partial charge >= 0.3 is 5.97 Å². The minimum atomic E-state index is -0.367. The molecular formula is C18H18BrNO3S. The second-order valence-corrected chi connectivity index (χ2v) is 7.29. The highest BCUT2D eigenvalue weighted by molar-refractivity contribution is 9.10. The standard InChI is InChI=1S/C18H18BrNO3S/c1-12(2)23-18(22)13-3-7-15(8-4-13)20-17(21)11-24-16-9-5-14(19)6-10-16/h3-10,12H,11H2,1-2H3,(H,20,21). The molecule has 1 N–H and O–H groups in total. The normalized spacial score (nSPS) is 10.5. The first kappa shape index (κ1) is 18.5. The second kappa shape index (κ2) is 8.89. The third kappa shape index (κ3) is 6.02. The summed E-state index contributed by atoms with van der Waals surface area (Å²) >= 11 is 4.84. The van der Waals surface area contributed by atoms with Crippen LogP contribution in [0.5, 0.6) is 0 Å². The third-order valence-corrected chi connectivity index (χ3v) is 4.47. The number of carbonyl (C=O) groups excluding carboxylic acids is 2. The monoisotopic (exact) mass is 407 g/mol. The van der Waals surface area contributed by atoms with Crippen LogP contribution in [-0.2, 0) is 9.53 Å². The Morgan fingerprint density at radius 1 is 1.08 bits per heavy atom. The Hall–Kier alpha value is -1.79. The topological polar surface area (TPSA) is 55.4 Å². The van der Waals surface area contributed by atoms with Crippen LogP contribution < -0.4 is 5.32 Å². The molecule has 0 aliphatic rings. The van der Waals surface area contributed by atoms with Crippen molar-refractivity contribution in [1.29, 1.82) is 0 Å². The Morgan fingerprint density at radius 2 is 1.71 bits per heavy atom. The van der Waals surface area contributed by atoms with Crippen LogP contribution in [0.1, 0.15) is 24.2 Å². The average molecular weight is 408 g/mol. The van der Waals surface area contributed by atoms with E-state index in [2.05, 4.69) is 21.2 Å². The molecule has 0 saturated carbocycles. The van der Waals surface area contributed by atoms with Crippen LogP contribution in [0.2, 0.25) is 0 Å². The smallest absolute Gasteiger partial charge is 0.338 e. The van der Waals surface area contributed by atoms with E-state index >= 15 is 0 Å². The first-order chi connectivity index (χ1) is 11.4. The molecule has 1 amide bonds. The number of amides is 1. The lowest BCUT2D eigenvalue weighted by Gasteiger charge is -2.09. The largest absolute Gasteiger partial charge is 0.459 e. The summed E-state index contributed by atoms with van der Waals surface area (Å²) < 4.78 is 6.13. The molecule has 24 heavy (non-hydrogen) atoms. The summed E-state index contributed by atoms with van der Waals surface area (Å²) in [6.45, 7) is 3.60. The molecule has 0 saturated heterocycles. The Balaban J connectivity index is 1.85. The van der Waals surface area contributed by atoms with Gasteiger partial charge in [-0.2, -0.15) is 0 Å². The van der Waals surface area contributed by atoms with Crippen molar-refractivity contribution < 1.29 is 14.3 Å². The van der Waals surface area contributed by atoms with E-state index in [0.717, 1.165) is 9.37 Å². The van der Waals surface area contributed by atoms with Gasteiger partial charge in [-0.15, -0.1) is 11.8 Å². The summed E-state index contributed by atoms with van der Waals surface area (Å²) in [7, 11) is 0. The highest BCUT2D eigenvalue weighted by Gasteiger charge is 2.09. The molecule has 2 aromatic carbocycles. The SMILES string of the molecule is CC(C)OC(=O)c1ccc(NC(=O)CSc2ccc(Br)cc2)cc1. The van der Waals surface area contributed by atoms with Crippen molar-refractivity contribution in [2.45, 2.75) is 24.8 Å². The lowest BCUT2D eigenvalue weighted by molar-refractivity contribution is -0.113. The van der Waals surface area contributed by atoms with Crippen molar-refractivity contribution in [3.8, 4) is 0 Å². The molecular weight excluding hydrogens is 390 g/mol. The van der Waals surface area contributed by atoms with Crippen LogP contribution in [0, 0.1) is 0 Å². The summed E-state index contributed by atoms with van der Waals surface area (Å²) in [6, 6.07) is 14.5. The summed E-state index contributed by atoms with van der Waals surface area (Å²) in [6.07, 6.45) is -0.160. The molecule has 0 spiro atoms. The number of carbonyl (C=O) groups is 2. The predicted octanol–water partition coefficient (Wildman–Crippen LogP) is 4.75. The Morgan fingerprint density at radius 3 is 2.29 bits per heavy atom. The van der Waals surface area contributed by atoms with Gasteiger partial charge in [0.15, 0.2) is 0 Å². The van der Waals surface area contributed by atoms with E-state index < -0.39 is 0 Å². The van der Waals surface area contributed by atoms with Gasteiger partial charge in [0.2, 0.25) is 5.91 Å². The molecule has 4 nitrogen and oxygen atoms in total. The van der Waals surface area contributed by atoms with Gasteiger partial charge in [0.25, 0.3) is 0 Å². The third-order valence-electron chi connectivity index (χ3n) is 2.93. The van der Waals surface area contributed by atoms with E-state index in [1.807, 2.05) is 24.3 Å². The number of hydrogen-bond donors (Lipinski definition) is 1. The molecule has 2 rings (SSSR count). The fourth-order valence-electron chi connectivity index (χ4n) is 1.85. The number of hydrogen-bond acceptors (Lipinski definition) is 4. The van der Waals surface area contributed by atoms with Crippen LogP contribution in [0.25, 0.3) is 0 Å². The minimum Gasteiger partial charge on any atom is -0.459 e. The molecule has 0 unspecified atom stereocenters. The number of rotatable bonds is 6. The van der Waals surface area contributed by atoms with Crippen molar-refractivity contribution in [1.82, 2.24) is 0 Å². The average Bonchev–Trinajstić information content (AvgIpc) is 2.54. The summed E-state index contributed by atoms with van der Waals surface area (Å²) in [5.74, 6) is -0.146. The maximum atomic E-state index is 12.0. The lowest BCUT2D eigenvalue weighted by atomic mass is 10.2. The second-order valence-electron chi connectivity index (χ2n) is 5.32. The lowest BCUT2D eigenvalue weighted by Crippen LogP contribution is -2.14. The zero-order chi connectivity index (χ0) is 17.5. The van der Waals surface area contributed by atoms with E-state index in [0.29, 0.717) is 17.0 Å². The fraction of sp³-hybridized carbons (Fsp3) is 0.222. The van der Waals surface area contributed by atoms with Crippen molar-refractivity contribution in [3.05, 3.63) is 58.6 Å². The highest BCUT2D eigenvalue weighted by atomic mass is 79.9. The Bertz CT molecular complexity index is 699. The summed E-state index contributed by atoms with van der Waals surface area (Å²) in [5, 5.41) is 2.81. The van der Waals surface area contributed by atoms with Crippen molar-refractivity contribution in [2.24, 2.45) is 0 Å². The zero-order valence-electron chi connectivity index (χ0n) is 13.4. The zero-order valence-corrected chi connectivity index (χ0v) is 15.8. The van der Waals surface area contributed by atoms with E-state index in [4.69, 9.17) is 4.74 Å². The molecule has 0 radical (unpaired) electrons. The van der Waals surface area contributed by atoms with E-state index in [9.17, 15) is 9.59 Å². The molecule has 2 aromatic rings. The summed E-state index contributed by atoms with van der Waals surface area (Å²) in [5.41, 5.74) is 1.11. The van der Waals surface area contributed by atoms with Gasteiger partial charge in [-0.3, -0.25) is 4.79 Å². The van der Waals surface area contributed by atoms with Crippen molar-refractivity contribution in [3.63, 3.8) is 0 Å². The molecule has 0 aliphatic heterocycles. The van der Waals surface area contributed by atoms with Crippen molar-refractivity contribution in [2.75, 3.05) is 11.1 Å². The van der Waals surface area contributed by atoms with E-state index in [-0.39, 0.29) is 18.0 Å². The number of halogens is 1. The van der Waals surface area contributed by atoms with Crippen LogP contribution in [0.15, 0.2) is 57.9 Å². The minimum absolute atomic E-state index is 0.0968. The molecule has 6 heteroatoms. The number of esters is 1. The van der Waals surface area contributed by atoms with E-state index in [1.54, 1.807) is 38.1 Å². The van der Waals surface area contributed by atoms with Crippen LogP contribution in [-0.4, -0.2) is 23.7 Å². The van der Waals surface area contributed by atoms with E-state index in [1.165, 1.54) is 11.8 Å². The van der Waals surface area contributed by atoms with Gasteiger partial charge in [-0.1, -0.05) is 15.9 Å². The van der Waals surface area contributed by atoms with Gasteiger partial charge in [0.05, 0.1) is 17.4 Å². The van der Waals surface area contributed by atoms with Gasteiger partial charge < -0.3 is 10.1 Å². The van der Waals surface area contributed by atoms with Crippen LogP contribution in [0.4, 0.5) is 5.69 Å². The molecule has 0 heterocycles. The molecule has 126 valence electrons. The Labute approximate surface area is 154 Å². The highest BCUT2D eigenvalue weighted by Crippen LogP contribution is 2.21. The van der Waals surface area contributed by atoms with Gasteiger partial charge in [0.1, 0.15) is 0 Å². The van der Waals surface area contributed by atoms with Crippen LogP contribution in [0.3, 0.4) is 0 Å². The maximum absolute atomic E-state index is 12.0.